The van der Waals surface area contributed by atoms with Gasteiger partial charge in [0.05, 0.1) is 6.10 Å². The standard InChI is InChI=1S/C11H15ClFNO2/c12-8-3-1-4-9(13)11(8)10(7-14)16-6-2-5-15/h1,3-4,10,15H,2,5-7,14H2. The van der Waals surface area contributed by atoms with Gasteiger partial charge in [-0.1, -0.05) is 17.7 Å². The lowest BCUT2D eigenvalue weighted by Gasteiger charge is -2.18. The van der Waals surface area contributed by atoms with Gasteiger partial charge in [-0.2, -0.15) is 0 Å². The van der Waals surface area contributed by atoms with E-state index in [0.29, 0.717) is 18.1 Å². The Morgan fingerprint density at radius 1 is 1.50 bits per heavy atom. The SMILES string of the molecule is NCC(OCCCO)c1c(F)cccc1Cl. The number of hydrogen-bond acceptors (Lipinski definition) is 3. The molecule has 0 spiro atoms. The summed E-state index contributed by atoms with van der Waals surface area (Å²) in [4.78, 5) is 0. The van der Waals surface area contributed by atoms with Gasteiger partial charge in [-0.3, -0.25) is 0 Å². The van der Waals surface area contributed by atoms with Crippen LogP contribution in [0.15, 0.2) is 18.2 Å². The third-order valence-corrected chi connectivity index (χ3v) is 2.49. The molecule has 1 unspecified atom stereocenters. The van der Waals surface area contributed by atoms with Crippen LogP contribution in [0.2, 0.25) is 5.02 Å². The van der Waals surface area contributed by atoms with E-state index in [4.69, 9.17) is 27.2 Å². The molecule has 5 heteroatoms. The summed E-state index contributed by atoms with van der Waals surface area (Å²) in [5.41, 5.74) is 5.79. The van der Waals surface area contributed by atoms with Crippen molar-refractivity contribution in [2.75, 3.05) is 19.8 Å². The maximum atomic E-state index is 13.5. The molecule has 16 heavy (non-hydrogen) atoms. The Hall–Kier alpha value is -0.680. The van der Waals surface area contributed by atoms with Crippen molar-refractivity contribution in [3.63, 3.8) is 0 Å². The fourth-order valence-electron chi connectivity index (χ4n) is 1.38. The lowest BCUT2D eigenvalue weighted by molar-refractivity contribution is 0.0468. The molecular formula is C11H15ClFNO2. The highest BCUT2D eigenvalue weighted by atomic mass is 35.5. The van der Waals surface area contributed by atoms with E-state index in [-0.39, 0.29) is 18.7 Å². The molecule has 0 aliphatic heterocycles. The summed E-state index contributed by atoms with van der Waals surface area (Å²) in [6.45, 7) is 0.497. The highest BCUT2D eigenvalue weighted by Crippen LogP contribution is 2.27. The number of nitrogens with two attached hydrogens (primary N) is 1. The molecule has 3 nitrogen and oxygen atoms in total. The van der Waals surface area contributed by atoms with Gasteiger partial charge in [-0.05, 0) is 18.6 Å². The minimum Gasteiger partial charge on any atom is -0.396 e. The van der Waals surface area contributed by atoms with Crippen LogP contribution in [0.5, 0.6) is 0 Å². The molecule has 0 fully saturated rings. The zero-order chi connectivity index (χ0) is 12.0. The average molecular weight is 248 g/mol. The molecule has 1 aromatic rings. The number of hydrogen-bond donors (Lipinski definition) is 2. The van der Waals surface area contributed by atoms with Crippen LogP contribution in [0, 0.1) is 5.82 Å². The predicted molar refractivity (Wildman–Crippen MR) is 60.9 cm³/mol. The van der Waals surface area contributed by atoms with Gasteiger partial charge in [-0.25, -0.2) is 4.39 Å². The van der Waals surface area contributed by atoms with E-state index in [9.17, 15) is 4.39 Å². The van der Waals surface area contributed by atoms with Crippen molar-refractivity contribution in [3.05, 3.63) is 34.6 Å². The molecule has 0 amide bonds. The molecule has 0 saturated heterocycles. The Balaban J connectivity index is 2.78. The number of aliphatic hydroxyl groups is 1. The molecule has 1 rings (SSSR count). The average Bonchev–Trinajstić information content (AvgIpc) is 2.26. The molecule has 0 bridgehead atoms. The Bertz CT molecular complexity index is 316. The van der Waals surface area contributed by atoms with Gasteiger partial charge in [-0.15, -0.1) is 0 Å². The topological polar surface area (TPSA) is 55.5 Å². The van der Waals surface area contributed by atoms with Crippen LogP contribution in [0.4, 0.5) is 4.39 Å². The Kier molecular flexibility index (Phi) is 5.69. The predicted octanol–water partition coefficient (Wildman–Crippen LogP) is 1.88. The molecule has 0 aliphatic rings. The van der Waals surface area contributed by atoms with Crippen LogP contribution in [0.1, 0.15) is 18.1 Å². The lowest BCUT2D eigenvalue weighted by Crippen LogP contribution is -2.18. The Labute approximate surface area is 99.0 Å². The molecule has 0 aliphatic carbocycles. The van der Waals surface area contributed by atoms with E-state index in [1.54, 1.807) is 6.07 Å². The minimum absolute atomic E-state index is 0.0301. The van der Waals surface area contributed by atoms with E-state index < -0.39 is 11.9 Å². The van der Waals surface area contributed by atoms with E-state index in [1.165, 1.54) is 12.1 Å². The first kappa shape index (κ1) is 13.4. The van der Waals surface area contributed by atoms with Gasteiger partial charge in [0.2, 0.25) is 0 Å². The zero-order valence-corrected chi connectivity index (χ0v) is 9.58. The number of halogens is 2. The highest BCUT2D eigenvalue weighted by Gasteiger charge is 2.17. The molecule has 3 N–H and O–H groups in total. The first-order chi connectivity index (χ1) is 7.70. The lowest BCUT2D eigenvalue weighted by atomic mass is 10.1. The second-order valence-corrected chi connectivity index (χ2v) is 3.71. The summed E-state index contributed by atoms with van der Waals surface area (Å²) >= 11 is 5.89. The smallest absolute Gasteiger partial charge is 0.130 e. The van der Waals surface area contributed by atoms with Crippen molar-refractivity contribution < 1.29 is 14.2 Å². The third kappa shape index (κ3) is 3.42. The highest BCUT2D eigenvalue weighted by molar-refractivity contribution is 6.31. The van der Waals surface area contributed by atoms with E-state index >= 15 is 0 Å². The van der Waals surface area contributed by atoms with Crippen molar-refractivity contribution in [2.45, 2.75) is 12.5 Å². The van der Waals surface area contributed by atoms with E-state index in [1.807, 2.05) is 0 Å². The number of aliphatic hydroxyl groups excluding tert-OH is 1. The van der Waals surface area contributed by atoms with Crippen LogP contribution in [0.25, 0.3) is 0 Å². The van der Waals surface area contributed by atoms with Gasteiger partial charge in [0.15, 0.2) is 0 Å². The largest absolute Gasteiger partial charge is 0.396 e. The monoisotopic (exact) mass is 247 g/mol. The fourth-order valence-corrected chi connectivity index (χ4v) is 1.66. The molecule has 0 heterocycles. The summed E-state index contributed by atoms with van der Waals surface area (Å²) in [6.07, 6.45) is -0.0806. The van der Waals surface area contributed by atoms with Crippen molar-refractivity contribution >= 4 is 11.6 Å². The number of rotatable bonds is 6. The van der Waals surface area contributed by atoms with E-state index in [2.05, 4.69) is 0 Å². The third-order valence-electron chi connectivity index (χ3n) is 2.16. The van der Waals surface area contributed by atoms with Gasteiger partial charge in [0.1, 0.15) is 5.82 Å². The number of ether oxygens (including phenoxy) is 1. The van der Waals surface area contributed by atoms with Gasteiger partial charge in [0.25, 0.3) is 0 Å². The minimum atomic E-state index is -0.569. The summed E-state index contributed by atoms with van der Waals surface area (Å²) in [5.74, 6) is -0.424. The summed E-state index contributed by atoms with van der Waals surface area (Å²) < 4.78 is 18.9. The van der Waals surface area contributed by atoms with Crippen LogP contribution in [-0.4, -0.2) is 24.9 Å². The van der Waals surface area contributed by atoms with Crippen LogP contribution in [0.3, 0.4) is 0 Å². The molecule has 1 atom stereocenters. The van der Waals surface area contributed by atoms with Crippen LogP contribution in [-0.2, 0) is 4.74 Å². The zero-order valence-electron chi connectivity index (χ0n) is 8.83. The Morgan fingerprint density at radius 2 is 2.25 bits per heavy atom. The van der Waals surface area contributed by atoms with Crippen LogP contribution < -0.4 is 5.73 Å². The summed E-state index contributed by atoms with van der Waals surface area (Å²) in [6, 6.07) is 4.44. The molecule has 0 saturated carbocycles. The molecule has 0 radical (unpaired) electrons. The van der Waals surface area contributed by atoms with Crippen molar-refractivity contribution in [2.24, 2.45) is 5.73 Å². The summed E-state index contributed by atoms with van der Waals surface area (Å²) in [5, 5.41) is 8.93. The van der Waals surface area contributed by atoms with Crippen molar-refractivity contribution in [3.8, 4) is 0 Å². The molecule has 0 aromatic heterocycles. The molecule has 90 valence electrons. The van der Waals surface area contributed by atoms with Gasteiger partial charge >= 0.3 is 0 Å². The van der Waals surface area contributed by atoms with Crippen molar-refractivity contribution in [1.29, 1.82) is 0 Å². The van der Waals surface area contributed by atoms with Gasteiger partial charge < -0.3 is 15.6 Å². The first-order valence-electron chi connectivity index (χ1n) is 5.07. The molecule has 1 aromatic carbocycles. The quantitative estimate of drug-likeness (QED) is 0.755. The second-order valence-electron chi connectivity index (χ2n) is 3.31. The van der Waals surface area contributed by atoms with Gasteiger partial charge in [0, 0.05) is 30.3 Å². The maximum absolute atomic E-state index is 13.5. The van der Waals surface area contributed by atoms with Crippen LogP contribution >= 0.6 is 11.6 Å². The summed E-state index contributed by atoms with van der Waals surface area (Å²) in [7, 11) is 0. The normalized spacial score (nSPS) is 12.8. The molecular weight excluding hydrogens is 233 g/mol. The first-order valence-corrected chi connectivity index (χ1v) is 5.45. The maximum Gasteiger partial charge on any atom is 0.130 e. The fraction of sp³-hybridized carbons (Fsp3) is 0.455. The Morgan fingerprint density at radius 3 is 2.81 bits per heavy atom. The van der Waals surface area contributed by atoms with E-state index in [0.717, 1.165) is 0 Å². The number of benzene rings is 1. The second kappa shape index (κ2) is 6.81. The van der Waals surface area contributed by atoms with Crippen molar-refractivity contribution in [1.82, 2.24) is 0 Å².